The summed E-state index contributed by atoms with van der Waals surface area (Å²) in [7, 11) is 0. The summed E-state index contributed by atoms with van der Waals surface area (Å²) in [4.78, 5) is 35.3. The molecule has 1 aliphatic rings. The maximum absolute atomic E-state index is 13.0. The van der Waals surface area contributed by atoms with E-state index in [4.69, 9.17) is 0 Å². The van der Waals surface area contributed by atoms with Gasteiger partial charge in [0, 0.05) is 19.5 Å². The number of carbonyl (C=O) groups is 2. The molecule has 2 rings (SSSR count). The molecule has 1 aromatic rings. The fraction of sp³-hybridized carbons (Fsp3) is 0.385. The highest BCUT2D eigenvalue weighted by molar-refractivity contribution is 5.98. The quantitative estimate of drug-likeness (QED) is 0.673. The van der Waals surface area contributed by atoms with Gasteiger partial charge in [-0.1, -0.05) is 0 Å². The van der Waals surface area contributed by atoms with Crippen molar-refractivity contribution in [2.45, 2.75) is 13.3 Å². The van der Waals surface area contributed by atoms with Crippen molar-refractivity contribution >= 4 is 23.2 Å². The third-order valence-electron chi connectivity index (χ3n) is 3.38. The molecule has 0 radical (unpaired) electrons. The molecule has 8 heteroatoms. The lowest BCUT2D eigenvalue weighted by Crippen LogP contribution is -2.28. The van der Waals surface area contributed by atoms with E-state index in [1.54, 1.807) is 4.90 Å². The summed E-state index contributed by atoms with van der Waals surface area (Å²) in [5, 5.41) is 13.3. The normalized spacial score (nSPS) is 17.9. The Morgan fingerprint density at radius 3 is 2.86 bits per heavy atom. The van der Waals surface area contributed by atoms with Crippen molar-refractivity contribution in [1.29, 1.82) is 0 Å². The zero-order valence-electron chi connectivity index (χ0n) is 11.3. The van der Waals surface area contributed by atoms with Crippen molar-refractivity contribution in [3.8, 4) is 0 Å². The SMILES string of the molecule is CCN1C[C@H](C(=O)Nc2ccc(F)cc2[N+](=O)[O-])CC1=O. The van der Waals surface area contributed by atoms with Crippen LogP contribution in [0.5, 0.6) is 0 Å². The highest BCUT2D eigenvalue weighted by Crippen LogP contribution is 2.27. The van der Waals surface area contributed by atoms with E-state index in [2.05, 4.69) is 5.32 Å². The van der Waals surface area contributed by atoms with E-state index in [1.165, 1.54) is 0 Å². The molecule has 1 aliphatic heterocycles. The summed E-state index contributed by atoms with van der Waals surface area (Å²) in [6.45, 7) is 2.61. The summed E-state index contributed by atoms with van der Waals surface area (Å²) in [6, 6.07) is 2.91. The van der Waals surface area contributed by atoms with E-state index in [0.717, 1.165) is 18.2 Å². The van der Waals surface area contributed by atoms with Crippen LogP contribution in [0.15, 0.2) is 18.2 Å². The second kappa shape index (κ2) is 5.86. The van der Waals surface area contributed by atoms with Crippen molar-refractivity contribution in [1.82, 2.24) is 4.90 Å². The standard InChI is InChI=1S/C13H14FN3O4/c1-2-16-7-8(5-12(16)18)13(19)15-10-4-3-9(14)6-11(10)17(20)21/h3-4,6,8H,2,5,7H2,1H3,(H,15,19)/t8-/m1/s1. The lowest BCUT2D eigenvalue weighted by Gasteiger charge is -2.13. The van der Waals surface area contributed by atoms with Gasteiger partial charge in [-0.15, -0.1) is 0 Å². The lowest BCUT2D eigenvalue weighted by molar-refractivity contribution is -0.384. The molecule has 0 saturated carbocycles. The van der Waals surface area contributed by atoms with Gasteiger partial charge in [-0.3, -0.25) is 19.7 Å². The number of nitro benzene ring substituents is 1. The molecule has 0 aromatic heterocycles. The zero-order valence-corrected chi connectivity index (χ0v) is 11.3. The predicted octanol–water partition coefficient (Wildman–Crippen LogP) is 1.54. The van der Waals surface area contributed by atoms with Crippen LogP contribution in [0.25, 0.3) is 0 Å². The van der Waals surface area contributed by atoms with Crippen LogP contribution >= 0.6 is 0 Å². The smallest absolute Gasteiger partial charge is 0.295 e. The Hall–Kier alpha value is -2.51. The Kier molecular flexibility index (Phi) is 4.15. The number of rotatable bonds is 4. The molecule has 1 fully saturated rings. The van der Waals surface area contributed by atoms with Crippen LogP contribution in [0, 0.1) is 21.8 Å². The fourth-order valence-corrected chi connectivity index (χ4v) is 2.25. The Morgan fingerprint density at radius 2 is 2.29 bits per heavy atom. The first kappa shape index (κ1) is 14.9. The molecule has 0 spiro atoms. The molecule has 0 aliphatic carbocycles. The number of carbonyl (C=O) groups excluding carboxylic acids is 2. The van der Waals surface area contributed by atoms with Crippen LogP contribution in [-0.4, -0.2) is 34.7 Å². The van der Waals surface area contributed by atoms with Crippen LogP contribution in [0.4, 0.5) is 15.8 Å². The average Bonchev–Trinajstić information content (AvgIpc) is 2.81. The number of hydrogen-bond donors (Lipinski definition) is 1. The van der Waals surface area contributed by atoms with Gasteiger partial charge in [0.05, 0.1) is 16.9 Å². The number of halogens is 1. The number of amides is 2. The molecule has 112 valence electrons. The minimum atomic E-state index is -0.767. The monoisotopic (exact) mass is 295 g/mol. The number of nitro groups is 1. The number of nitrogens with zero attached hydrogens (tertiary/aromatic N) is 2. The van der Waals surface area contributed by atoms with Crippen molar-refractivity contribution in [3.05, 3.63) is 34.1 Å². The largest absolute Gasteiger partial charge is 0.342 e. The first-order valence-electron chi connectivity index (χ1n) is 6.45. The second-order valence-corrected chi connectivity index (χ2v) is 4.74. The van der Waals surface area contributed by atoms with Gasteiger partial charge in [-0.25, -0.2) is 4.39 Å². The van der Waals surface area contributed by atoms with Crippen molar-refractivity contribution in [3.63, 3.8) is 0 Å². The van der Waals surface area contributed by atoms with Crippen molar-refractivity contribution in [2.75, 3.05) is 18.4 Å². The Balaban J connectivity index is 2.14. The van der Waals surface area contributed by atoms with Gasteiger partial charge in [0.1, 0.15) is 11.5 Å². The topological polar surface area (TPSA) is 92.6 Å². The van der Waals surface area contributed by atoms with Gasteiger partial charge < -0.3 is 10.2 Å². The maximum Gasteiger partial charge on any atom is 0.295 e. The summed E-state index contributed by atoms with van der Waals surface area (Å²) in [5.74, 6) is -1.91. The summed E-state index contributed by atoms with van der Waals surface area (Å²) < 4.78 is 13.0. The van der Waals surface area contributed by atoms with Crippen molar-refractivity contribution in [2.24, 2.45) is 5.92 Å². The number of benzene rings is 1. The van der Waals surface area contributed by atoms with E-state index >= 15 is 0 Å². The Morgan fingerprint density at radius 1 is 1.57 bits per heavy atom. The van der Waals surface area contributed by atoms with Crippen LogP contribution in [-0.2, 0) is 9.59 Å². The van der Waals surface area contributed by atoms with Crippen LogP contribution in [0.1, 0.15) is 13.3 Å². The van der Waals surface area contributed by atoms with Gasteiger partial charge in [0.25, 0.3) is 5.69 Å². The maximum atomic E-state index is 13.0. The van der Waals surface area contributed by atoms with E-state index in [1.807, 2.05) is 6.92 Å². The Bertz CT molecular complexity index is 605. The zero-order chi connectivity index (χ0) is 15.6. The first-order chi connectivity index (χ1) is 9.92. The lowest BCUT2D eigenvalue weighted by atomic mass is 10.1. The van der Waals surface area contributed by atoms with E-state index in [-0.39, 0.29) is 24.6 Å². The molecule has 1 N–H and O–H groups in total. The van der Waals surface area contributed by atoms with Crippen molar-refractivity contribution < 1.29 is 18.9 Å². The van der Waals surface area contributed by atoms with Gasteiger partial charge in [0.15, 0.2) is 0 Å². The molecule has 1 atom stereocenters. The predicted molar refractivity (Wildman–Crippen MR) is 72.0 cm³/mol. The minimum Gasteiger partial charge on any atom is -0.342 e. The summed E-state index contributed by atoms with van der Waals surface area (Å²) in [5.41, 5.74) is -0.589. The molecular weight excluding hydrogens is 281 g/mol. The molecule has 2 amide bonds. The second-order valence-electron chi connectivity index (χ2n) is 4.74. The molecule has 7 nitrogen and oxygen atoms in total. The molecule has 1 heterocycles. The van der Waals surface area contributed by atoms with Crippen LogP contribution < -0.4 is 5.32 Å². The number of anilines is 1. The highest BCUT2D eigenvalue weighted by Gasteiger charge is 2.34. The molecule has 0 bridgehead atoms. The first-order valence-corrected chi connectivity index (χ1v) is 6.45. The van der Waals surface area contributed by atoms with E-state index in [0.29, 0.717) is 6.54 Å². The average molecular weight is 295 g/mol. The fourth-order valence-electron chi connectivity index (χ4n) is 2.25. The minimum absolute atomic E-state index is 0.0752. The van der Waals surface area contributed by atoms with Gasteiger partial charge in [0.2, 0.25) is 11.8 Å². The molecular formula is C13H14FN3O4. The van der Waals surface area contributed by atoms with Gasteiger partial charge >= 0.3 is 0 Å². The molecule has 21 heavy (non-hydrogen) atoms. The Labute approximate surface area is 119 Å². The third kappa shape index (κ3) is 3.15. The van der Waals surface area contributed by atoms with Gasteiger partial charge in [-0.2, -0.15) is 0 Å². The van der Waals surface area contributed by atoms with E-state index in [9.17, 15) is 24.1 Å². The number of likely N-dealkylation sites (tertiary alicyclic amines) is 1. The number of hydrogen-bond acceptors (Lipinski definition) is 4. The summed E-state index contributed by atoms with van der Waals surface area (Å²) >= 11 is 0. The molecule has 1 aromatic carbocycles. The highest BCUT2D eigenvalue weighted by atomic mass is 19.1. The molecule has 1 saturated heterocycles. The third-order valence-corrected chi connectivity index (χ3v) is 3.38. The van der Waals surface area contributed by atoms with Gasteiger partial charge in [-0.05, 0) is 19.1 Å². The molecule has 0 unspecified atom stereocenters. The van der Waals surface area contributed by atoms with Crippen LogP contribution in [0.2, 0.25) is 0 Å². The number of nitrogens with one attached hydrogen (secondary N) is 1. The van der Waals surface area contributed by atoms with E-state index < -0.39 is 28.3 Å². The summed E-state index contributed by atoms with van der Waals surface area (Å²) in [6.07, 6.45) is 0.0780. The van der Waals surface area contributed by atoms with Crippen LogP contribution in [0.3, 0.4) is 0 Å².